The van der Waals surface area contributed by atoms with Gasteiger partial charge in [0.2, 0.25) is 0 Å². The van der Waals surface area contributed by atoms with Crippen molar-refractivity contribution in [3.8, 4) is 0 Å². The molecule has 0 spiro atoms. The summed E-state index contributed by atoms with van der Waals surface area (Å²) >= 11 is 0. The second kappa shape index (κ2) is 5.41. The molecule has 0 aromatic heterocycles. The van der Waals surface area contributed by atoms with Gasteiger partial charge < -0.3 is 4.74 Å². The summed E-state index contributed by atoms with van der Waals surface area (Å²) in [6.07, 6.45) is 0.586. The molecule has 0 fully saturated rings. The van der Waals surface area contributed by atoms with Gasteiger partial charge >= 0.3 is 5.97 Å². The molecule has 0 saturated carbocycles. The Balaban J connectivity index is 3.73. The Morgan fingerprint density at radius 3 is 2.46 bits per heavy atom. The van der Waals surface area contributed by atoms with Gasteiger partial charge in [-0.1, -0.05) is 0 Å². The fraction of sp³-hybridized carbons (Fsp3) is 0.833. The Kier molecular flexibility index (Phi) is 5.27. The number of nitrogens with zero attached hydrogens (tertiary/aromatic N) is 1. The summed E-state index contributed by atoms with van der Waals surface area (Å²) in [7, 11) is 3.99. The largest absolute Gasteiger partial charge is 0.469 e. The van der Waals surface area contributed by atoms with Crippen LogP contribution in [0.15, 0.2) is 0 Å². The zero-order chi connectivity index (χ0) is 10.5. The van der Waals surface area contributed by atoms with Gasteiger partial charge in [0, 0.05) is 30.7 Å². The van der Waals surface area contributed by atoms with Crippen LogP contribution in [0.1, 0.15) is 12.8 Å². The average molecular weight is 230 g/mol. The first-order valence-corrected chi connectivity index (χ1v) is 5.87. The highest BCUT2D eigenvalue weighted by molar-refractivity contribution is 8.11. The molecule has 0 unspecified atom stereocenters. The Morgan fingerprint density at radius 2 is 2.08 bits per heavy atom. The first-order chi connectivity index (χ1) is 5.88. The van der Waals surface area contributed by atoms with E-state index in [0.717, 1.165) is 4.31 Å². The summed E-state index contributed by atoms with van der Waals surface area (Å²) in [5.74, 6) is -0.361. The number of rotatable bonds is 5. The standard InChI is InChI=1S/C6H12ClNO4S/c1-8(13(7,10)11)5-3-4-6(9)12-2/h3-5H2,1-2H3. The minimum absolute atomic E-state index is 0.188. The molecule has 0 aliphatic heterocycles. The van der Waals surface area contributed by atoms with Crippen molar-refractivity contribution < 1.29 is 17.9 Å². The highest BCUT2D eigenvalue weighted by atomic mass is 35.7. The second-order valence-corrected chi connectivity index (χ2v) is 5.06. The average Bonchev–Trinajstić information content (AvgIpc) is 2.02. The minimum Gasteiger partial charge on any atom is -0.469 e. The lowest BCUT2D eigenvalue weighted by atomic mass is 10.3. The molecule has 0 saturated heterocycles. The monoisotopic (exact) mass is 229 g/mol. The number of methoxy groups -OCH3 is 1. The molecule has 78 valence electrons. The van der Waals surface area contributed by atoms with Crippen molar-refractivity contribution >= 4 is 25.9 Å². The summed E-state index contributed by atoms with van der Waals surface area (Å²) < 4.78 is 26.7. The molecule has 0 aromatic carbocycles. The van der Waals surface area contributed by atoms with E-state index in [2.05, 4.69) is 4.74 Å². The van der Waals surface area contributed by atoms with Gasteiger partial charge in [-0.3, -0.25) is 4.79 Å². The third kappa shape index (κ3) is 5.84. The Hall–Kier alpha value is -0.330. The molecule has 0 N–H and O–H groups in total. The summed E-state index contributed by atoms with van der Waals surface area (Å²) in [5, 5.41) is 0. The summed E-state index contributed by atoms with van der Waals surface area (Å²) in [5.41, 5.74) is 0. The zero-order valence-corrected chi connectivity index (χ0v) is 9.06. The van der Waals surface area contributed by atoms with E-state index in [-0.39, 0.29) is 18.9 Å². The SMILES string of the molecule is COC(=O)CCCN(C)S(=O)(=O)Cl. The first-order valence-electron chi connectivity index (χ1n) is 3.60. The van der Waals surface area contributed by atoms with Crippen LogP contribution in [-0.2, 0) is 18.8 Å². The van der Waals surface area contributed by atoms with Gasteiger partial charge in [-0.15, -0.1) is 0 Å². The number of ether oxygens (including phenoxy) is 1. The van der Waals surface area contributed by atoms with Crippen LogP contribution in [0.5, 0.6) is 0 Å². The predicted octanol–water partition coefficient (Wildman–Crippen LogP) is 0.355. The van der Waals surface area contributed by atoms with Crippen molar-refractivity contribution in [2.75, 3.05) is 20.7 Å². The molecule has 0 amide bonds. The molecular weight excluding hydrogens is 218 g/mol. The smallest absolute Gasteiger partial charge is 0.305 e. The maximum Gasteiger partial charge on any atom is 0.305 e. The van der Waals surface area contributed by atoms with Gasteiger partial charge in [0.25, 0.3) is 9.24 Å². The molecule has 0 atom stereocenters. The Morgan fingerprint density at radius 1 is 1.54 bits per heavy atom. The fourth-order valence-corrected chi connectivity index (χ4v) is 1.21. The molecule has 0 rings (SSSR count). The van der Waals surface area contributed by atoms with E-state index < -0.39 is 9.24 Å². The van der Waals surface area contributed by atoms with E-state index in [1.165, 1.54) is 14.2 Å². The molecule has 0 bridgehead atoms. The van der Waals surface area contributed by atoms with Crippen LogP contribution in [-0.4, -0.2) is 39.4 Å². The van der Waals surface area contributed by atoms with Crippen LogP contribution in [0.25, 0.3) is 0 Å². The number of carbonyl (C=O) groups is 1. The van der Waals surface area contributed by atoms with E-state index in [4.69, 9.17) is 10.7 Å². The van der Waals surface area contributed by atoms with Crippen molar-refractivity contribution in [1.29, 1.82) is 0 Å². The fourth-order valence-electron chi connectivity index (χ4n) is 0.657. The Labute approximate surface area is 82.2 Å². The number of halogens is 1. The lowest BCUT2D eigenvalue weighted by molar-refractivity contribution is -0.140. The summed E-state index contributed by atoms with van der Waals surface area (Å²) in [4.78, 5) is 10.6. The molecule has 0 radical (unpaired) electrons. The van der Waals surface area contributed by atoms with E-state index in [1.54, 1.807) is 0 Å². The molecule has 7 heteroatoms. The van der Waals surface area contributed by atoms with Crippen molar-refractivity contribution in [2.45, 2.75) is 12.8 Å². The zero-order valence-electron chi connectivity index (χ0n) is 7.49. The van der Waals surface area contributed by atoms with Gasteiger partial charge in [-0.25, -0.2) is 0 Å². The summed E-state index contributed by atoms with van der Waals surface area (Å²) in [6.45, 7) is 0.209. The lowest BCUT2D eigenvalue weighted by Gasteiger charge is -2.10. The second-order valence-electron chi connectivity index (χ2n) is 2.44. The summed E-state index contributed by atoms with van der Waals surface area (Å²) in [6, 6.07) is 0. The molecule has 0 aliphatic carbocycles. The third-order valence-electron chi connectivity index (χ3n) is 1.45. The van der Waals surface area contributed by atoms with Crippen LogP contribution in [0, 0.1) is 0 Å². The quantitative estimate of drug-likeness (QED) is 0.504. The Bertz CT molecular complexity index is 264. The first kappa shape index (κ1) is 12.7. The number of carbonyl (C=O) groups excluding carboxylic acids is 1. The maximum absolute atomic E-state index is 10.7. The lowest BCUT2D eigenvalue weighted by Crippen LogP contribution is -2.23. The number of hydrogen-bond acceptors (Lipinski definition) is 4. The van der Waals surface area contributed by atoms with Crippen molar-refractivity contribution in [3.63, 3.8) is 0 Å². The maximum atomic E-state index is 10.7. The molecular formula is C6H12ClNO4S. The van der Waals surface area contributed by atoms with Gasteiger partial charge in [0.05, 0.1) is 7.11 Å². The van der Waals surface area contributed by atoms with Gasteiger partial charge in [-0.05, 0) is 6.42 Å². The minimum atomic E-state index is -3.65. The van der Waals surface area contributed by atoms with Crippen LogP contribution in [0.4, 0.5) is 0 Å². The van der Waals surface area contributed by atoms with Crippen LogP contribution in [0.3, 0.4) is 0 Å². The molecule has 0 heterocycles. The predicted molar refractivity (Wildman–Crippen MR) is 48.7 cm³/mol. The van der Waals surface area contributed by atoms with Crippen molar-refractivity contribution in [1.82, 2.24) is 4.31 Å². The highest BCUT2D eigenvalue weighted by Crippen LogP contribution is 2.04. The van der Waals surface area contributed by atoms with E-state index in [1.807, 2.05) is 0 Å². The molecule has 13 heavy (non-hydrogen) atoms. The molecule has 0 aliphatic rings. The normalized spacial score (nSPS) is 11.7. The number of hydrogen-bond donors (Lipinski definition) is 0. The van der Waals surface area contributed by atoms with Crippen molar-refractivity contribution in [3.05, 3.63) is 0 Å². The molecule has 5 nitrogen and oxygen atoms in total. The van der Waals surface area contributed by atoms with Crippen LogP contribution >= 0.6 is 10.7 Å². The van der Waals surface area contributed by atoms with Crippen LogP contribution < -0.4 is 0 Å². The van der Waals surface area contributed by atoms with E-state index in [0.29, 0.717) is 6.42 Å². The van der Waals surface area contributed by atoms with Gasteiger partial charge in [0.1, 0.15) is 0 Å². The van der Waals surface area contributed by atoms with E-state index in [9.17, 15) is 13.2 Å². The third-order valence-corrected chi connectivity index (χ3v) is 3.09. The van der Waals surface area contributed by atoms with Crippen LogP contribution in [0.2, 0.25) is 0 Å². The van der Waals surface area contributed by atoms with Gasteiger partial charge in [-0.2, -0.15) is 12.7 Å². The number of esters is 1. The van der Waals surface area contributed by atoms with Gasteiger partial charge in [0.15, 0.2) is 0 Å². The van der Waals surface area contributed by atoms with Crippen molar-refractivity contribution in [2.24, 2.45) is 0 Å². The topological polar surface area (TPSA) is 63.7 Å². The molecule has 0 aromatic rings. The van der Waals surface area contributed by atoms with E-state index >= 15 is 0 Å². The highest BCUT2D eigenvalue weighted by Gasteiger charge is 2.13.